The lowest BCUT2D eigenvalue weighted by Gasteiger charge is -2.04. The number of aliphatic carboxylic acids is 1. The van der Waals surface area contributed by atoms with Crippen molar-refractivity contribution in [3.05, 3.63) is 29.8 Å². The molecule has 0 aliphatic rings. The largest absolute Gasteiger partial charge is 0.481 e. The minimum atomic E-state index is -3.34. The minimum absolute atomic E-state index is 0.119. The van der Waals surface area contributed by atoms with Gasteiger partial charge in [0, 0.05) is 6.42 Å². The van der Waals surface area contributed by atoms with Crippen molar-refractivity contribution in [2.45, 2.75) is 31.1 Å². The molecule has 4 nitrogen and oxygen atoms in total. The van der Waals surface area contributed by atoms with Crippen LogP contribution in [-0.2, 0) is 21.1 Å². The standard InChI is InChI=1S/C12H16O4S/c1-2-10-5-7-11(8-6-10)17(15,16)9-3-4-12(13)14/h5-8H,2-4,9H2,1H3,(H,13,14). The molecule has 1 aromatic carbocycles. The highest BCUT2D eigenvalue weighted by atomic mass is 32.2. The highest BCUT2D eigenvalue weighted by Crippen LogP contribution is 2.14. The van der Waals surface area contributed by atoms with Gasteiger partial charge in [0.1, 0.15) is 0 Å². The molecule has 0 bridgehead atoms. The molecule has 0 amide bonds. The quantitative estimate of drug-likeness (QED) is 0.843. The van der Waals surface area contributed by atoms with Crippen LogP contribution in [0.25, 0.3) is 0 Å². The van der Waals surface area contributed by atoms with Crippen LogP contribution in [0.4, 0.5) is 0 Å². The first-order valence-corrected chi connectivity index (χ1v) is 7.14. The van der Waals surface area contributed by atoms with Crippen molar-refractivity contribution in [3.8, 4) is 0 Å². The third-order valence-electron chi connectivity index (χ3n) is 2.49. The van der Waals surface area contributed by atoms with Crippen LogP contribution in [-0.4, -0.2) is 25.2 Å². The summed E-state index contributed by atoms with van der Waals surface area (Å²) < 4.78 is 23.6. The predicted octanol–water partition coefficient (Wildman–Crippen LogP) is 1.89. The zero-order valence-corrected chi connectivity index (χ0v) is 10.5. The van der Waals surface area contributed by atoms with Gasteiger partial charge < -0.3 is 5.11 Å². The fraction of sp³-hybridized carbons (Fsp3) is 0.417. The smallest absolute Gasteiger partial charge is 0.303 e. The third-order valence-corrected chi connectivity index (χ3v) is 4.31. The van der Waals surface area contributed by atoms with E-state index in [0.29, 0.717) is 0 Å². The second-order valence-electron chi connectivity index (χ2n) is 3.81. The molecule has 0 fully saturated rings. The normalized spacial score (nSPS) is 11.4. The van der Waals surface area contributed by atoms with Gasteiger partial charge in [0.05, 0.1) is 10.6 Å². The zero-order valence-electron chi connectivity index (χ0n) is 9.72. The van der Waals surface area contributed by atoms with Crippen molar-refractivity contribution in [2.75, 3.05) is 5.75 Å². The molecule has 0 saturated heterocycles. The molecule has 0 aromatic heterocycles. The first-order valence-electron chi connectivity index (χ1n) is 5.49. The van der Waals surface area contributed by atoms with E-state index in [1.807, 2.05) is 6.92 Å². The molecular formula is C12H16O4S. The lowest BCUT2D eigenvalue weighted by atomic mass is 10.2. The molecule has 0 unspecified atom stereocenters. The van der Waals surface area contributed by atoms with Gasteiger partial charge in [-0.15, -0.1) is 0 Å². The summed E-state index contributed by atoms with van der Waals surface area (Å²) in [7, 11) is -3.34. The lowest BCUT2D eigenvalue weighted by molar-refractivity contribution is -0.137. The molecule has 0 radical (unpaired) electrons. The van der Waals surface area contributed by atoms with Crippen LogP contribution in [0.15, 0.2) is 29.2 Å². The van der Waals surface area contributed by atoms with Gasteiger partial charge in [-0.1, -0.05) is 19.1 Å². The van der Waals surface area contributed by atoms with E-state index >= 15 is 0 Å². The molecule has 0 heterocycles. The lowest BCUT2D eigenvalue weighted by Crippen LogP contribution is -2.08. The number of sulfone groups is 1. The van der Waals surface area contributed by atoms with Crippen LogP contribution in [0.3, 0.4) is 0 Å². The van der Waals surface area contributed by atoms with Gasteiger partial charge in [0.15, 0.2) is 9.84 Å². The van der Waals surface area contributed by atoms with Crippen LogP contribution < -0.4 is 0 Å². The Morgan fingerprint density at radius 3 is 2.29 bits per heavy atom. The molecule has 5 heteroatoms. The molecule has 1 N–H and O–H groups in total. The van der Waals surface area contributed by atoms with Gasteiger partial charge in [-0.05, 0) is 30.5 Å². The Kier molecular flexibility index (Phi) is 4.69. The summed E-state index contributed by atoms with van der Waals surface area (Å²) >= 11 is 0. The Labute approximate surface area is 101 Å². The number of hydrogen-bond acceptors (Lipinski definition) is 3. The molecule has 0 saturated carbocycles. The number of aryl methyl sites for hydroxylation is 1. The van der Waals surface area contributed by atoms with Gasteiger partial charge in [-0.2, -0.15) is 0 Å². The summed E-state index contributed by atoms with van der Waals surface area (Å²) in [5.41, 5.74) is 1.08. The fourth-order valence-electron chi connectivity index (χ4n) is 1.46. The Bertz CT molecular complexity index is 474. The van der Waals surface area contributed by atoms with Crippen molar-refractivity contribution < 1.29 is 18.3 Å². The van der Waals surface area contributed by atoms with Crippen molar-refractivity contribution >= 4 is 15.8 Å². The average molecular weight is 256 g/mol. The van der Waals surface area contributed by atoms with E-state index in [2.05, 4.69) is 0 Å². The van der Waals surface area contributed by atoms with Crippen LogP contribution in [0.2, 0.25) is 0 Å². The van der Waals surface area contributed by atoms with Gasteiger partial charge in [-0.3, -0.25) is 4.79 Å². The van der Waals surface area contributed by atoms with Crippen LogP contribution in [0.5, 0.6) is 0 Å². The summed E-state index contributed by atoms with van der Waals surface area (Å²) in [6.45, 7) is 2.00. The predicted molar refractivity (Wildman–Crippen MR) is 64.7 cm³/mol. The maximum atomic E-state index is 11.8. The first kappa shape index (κ1) is 13.7. The summed E-state index contributed by atoms with van der Waals surface area (Å²) in [5, 5.41) is 8.45. The van der Waals surface area contributed by atoms with E-state index in [1.54, 1.807) is 24.3 Å². The van der Waals surface area contributed by atoms with E-state index in [1.165, 1.54) is 0 Å². The third kappa shape index (κ3) is 4.19. The SMILES string of the molecule is CCc1ccc(S(=O)(=O)CCCC(=O)O)cc1. The summed E-state index contributed by atoms with van der Waals surface area (Å²) in [6.07, 6.45) is 0.888. The number of carbonyl (C=O) groups is 1. The van der Waals surface area contributed by atoms with Gasteiger partial charge in [0.2, 0.25) is 0 Å². The number of carboxylic acids is 1. The first-order chi connectivity index (χ1) is 7.95. The summed E-state index contributed by atoms with van der Waals surface area (Å²) in [5.74, 6) is -1.09. The number of benzene rings is 1. The molecule has 1 aromatic rings. The average Bonchev–Trinajstić information content (AvgIpc) is 2.28. The molecule has 1 rings (SSSR count). The number of hydrogen-bond donors (Lipinski definition) is 1. The van der Waals surface area contributed by atoms with E-state index in [0.717, 1.165) is 12.0 Å². The summed E-state index contributed by atoms with van der Waals surface area (Å²) in [6, 6.07) is 6.72. The van der Waals surface area contributed by atoms with E-state index < -0.39 is 15.8 Å². The van der Waals surface area contributed by atoms with Crippen molar-refractivity contribution in [1.29, 1.82) is 0 Å². The molecule has 94 valence electrons. The van der Waals surface area contributed by atoms with Crippen molar-refractivity contribution in [1.82, 2.24) is 0 Å². The second kappa shape index (κ2) is 5.82. The Morgan fingerprint density at radius 2 is 1.82 bits per heavy atom. The van der Waals surface area contributed by atoms with Crippen LogP contribution in [0, 0.1) is 0 Å². The number of carboxylic acid groups (broad SMARTS) is 1. The maximum absolute atomic E-state index is 11.8. The number of rotatable bonds is 6. The van der Waals surface area contributed by atoms with Gasteiger partial charge in [0.25, 0.3) is 0 Å². The van der Waals surface area contributed by atoms with Crippen molar-refractivity contribution in [3.63, 3.8) is 0 Å². The second-order valence-corrected chi connectivity index (χ2v) is 5.92. The summed E-state index contributed by atoms with van der Waals surface area (Å²) in [4.78, 5) is 10.6. The Balaban J connectivity index is 2.72. The Hall–Kier alpha value is -1.36. The molecule has 0 aliphatic carbocycles. The van der Waals surface area contributed by atoms with Crippen molar-refractivity contribution in [2.24, 2.45) is 0 Å². The zero-order chi connectivity index (χ0) is 12.9. The molecular weight excluding hydrogens is 240 g/mol. The molecule has 0 aliphatic heterocycles. The maximum Gasteiger partial charge on any atom is 0.303 e. The fourth-order valence-corrected chi connectivity index (χ4v) is 2.77. The molecule has 17 heavy (non-hydrogen) atoms. The monoisotopic (exact) mass is 256 g/mol. The van der Waals surface area contributed by atoms with Crippen LogP contribution in [0.1, 0.15) is 25.3 Å². The Morgan fingerprint density at radius 1 is 1.24 bits per heavy atom. The van der Waals surface area contributed by atoms with Gasteiger partial charge in [-0.25, -0.2) is 8.42 Å². The van der Waals surface area contributed by atoms with E-state index in [9.17, 15) is 13.2 Å². The van der Waals surface area contributed by atoms with Gasteiger partial charge >= 0.3 is 5.97 Å². The van der Waals surface area contributed by atoms with E-state index in [-0.39, 0.29) is 23.5 Å². The molecule has 0 atom stereocenters. The highest BCUT2D eigenvalue weighted by molar-refractivity contribution is 7.91. The topological polar surface area (TPSA) is 71.4 Å². The highest BCUT2D eigenvalue weighted by Gasteiger charge is 2.14. The van der Waals surface area contributed by atoms with E-state index in [4.69, 9.17) is 5.11 Å². The molecule has 0 spiro atoms. The van der Waals surface area contributed by atoms with Crippen LogP contribution >= 0.6 is 0 Å². The minimum Gasteiger partial charge on any atom is -0.481 e.